The van der Waals surface area contributed by atoms with Crippen LogP contribution in [-0.4, -0.2) is 12.0 Å². The van der Waals surface area contributed by atoms with Crippen molar-refractivity contribution >= 4 is 11.6 Å². The van der Waals surface area contributed by atoms with Crippen molar-refractivity contribution in [3.63, 3.8) is 0 Å². The lowest BCUT2D eigenvalue weighted by molar-refractivity contribution is 0.0966. The van der Waals surface area contributed by atoms with Gasteiger partial charge in [-0.05, 0) is 90.4 Å². The molecule has 0 fully saturated rings. The van der Waals surface area contributed by atoms with Crippen molar-refractivity contribution in [2.75, 3.05) is 5.73 Å². The first kappa shape index (κ1) is 18.7. The smallest absolute Gasteiger partial charge is 0.252 e. The van der Waals surface area contributed by atoms with Crippen LogP contribution in [0.25, 0.3) is 22.3 Å². The highest BCUT2D eigenvalue weighted by atomic mass is 19.1. The van der Waals surface area contributed by atoms with Gasteiger partial charge in [0.15, 0.2) is 0 Å². The molecule has 0 atom stereocenters. The van der Waals surface area contributed by atoms with Crippen LogP contribution in [0.2, 0.25) is 0 Å². The van der Waals surface area contributed by atoms with E-state index in [0.29, 0.717) is 23.4 Å². The molecule has 4 nitrogen and oxygen atoms in total. The Morgan fingerprint density at radius 2 is 1.77 bits per heavy atom. The number of anilines is 1. The topological polar surface area (TPSA) is 64.3 Å². The van der Waals surface area contributed by atoms with Crippen molar-refractivity contribution in [1.82, 2.24) is 5.32 Å². The number of amides is 1. The molecule has 0 spiro atoms. The van der Waals surface area contributed by atoms with Gasteiger partial charge in [-0.25, -0.2) is 4.39 Å². The number of nitrogens with two attached hydrogens (primary N) is 1. The van der Waals surface area contributed by atoms with Gasteiger partial charge in [0.2, 0.25) is 0 Å². The van der Waals surface area contributed by atoms with E-state index in [1.165, 1.54) is 17.7 Å². The lowest BCUT2D eigenvalue weighted by Gasteiger charge is -2.25. The number of rotatable bonds is 3. The first-order valence-corrected chi connectivity index (χ1v) is 10.2. The molecule has 3 aromatic carbocycles. The van der Waals surface area contributed by atoms with Crippen LogP contribution in [-0.2, 0) is 19.4 Å². The Kier molecular flexibility index (Phi) is 4.28. The van der Waals surface area contributed by atoms with Crippen molar-refractivity contribution in [2.45, 2.75) is 39.3 Å². The summed E-state index contributed by atoms with van der Waals surface area (Å²) in [6, 6.07) is 12.6. The molecule has 1 heterocycles. The van der Waals surface area contributed by atoms with Crippen molar-refractivity contribution in [3.05, 3.63) is 70.5 Å². The first-order chi connectivity index (χ1) is 14.4. The van der Waals surface area contributed by atoms with Gasteiger partial charge in [0, 0.05) is 17.8 Å². The fourth-order valence-corrected chi connectivity index (χ4v) is 4.61. The molecular weight excluding hydrogens is 379 g/mol. The number of aryl methyl sites for hydroxylation is 2. The fourth-order valence-electron chi connectivity index (χ4n) is 4.61. The van der Waals surface area contributed by atoms with Crippen LogP contribution in [0, 0.1) is 5.82 Å². The van der Waals surface area contributed by atoms with Crippen LogP contribution in [0.5, 0.6) is 5.75 Å². The molecule has 0 unspecified atom stereocenters. The zero-order valence-electron chi connectivity index (χ0n) is 17.0. The molecule has 5 rings (SSSR count). The Bertz CT molecular complexity index is 1200. The Balaban J connectivity index is 1.73. The minimum absolute atomic E-state index is 0.0894. The van der Waals surface area contributed by atoms with E-state index in [0.717, 1.165) is 46.4 Å². The van der Waals surface area contributed by atoms with E-state index < -0.39 is 0 Å². The van der Waals surface area contributed by atoms with Gasteiger partial charge in [0.05, 0.1) is 11.7 Å². The molecule has 1 aliphatic carbocycles. The molecule has 0 bridgehead atoms. The van der Waals surface area contributed by atoms with Gasteiger partial charge in [0.25, 0.3) is 5.91 Å². The molecule has 152 valence electrons. The minimum atomic E-state index is -0.342. The van der Waals surface area contributed by atoms with E-state index in [4.69, 9.17) is 10.5 Å². The third-order valence-corrected chi connectivity index (χ3v) is 5.86. The van der Waals surface area contributed by atoms with E-state index in [-0.39, 0.29) is 17.8 Å². The van der Waals surface area contributed by atoms with E-state index in [1.807, 2.05) is 26.0 Å². The number of hydrogen-bond donors (Lipinski definition) is 2. The summed E-state index contributed by atoms with van der Waals surface area (Å²) in [5.74, 6) is 0.414. The van der Waals surface area contributed by atoms with Gasteiger partial charge in [0.1, 0.15) is 11.6 Å². The molecular formula is C25H23FN2O2. The van der Waals surface area contributed by atoms with Crippen molar-refractivity contribution in [1.29, 1.82) is 0 Å². The third-order valence-electron chi connectivity index (χ3n) is 5.86. The van der Waals surface area contributed by atoms with E-state index in [9.17, 15) is 9.18 Å². The van der Waals surface area contributed by atoms with Gasteiger partial charge in [-0.15, -0.1) is 0 Å². The molecule has 0 saturated heterocycles. The maximum atomic E-state index is 14.0. The van der Waals surface area contributed by atoms with Crippen LogP contribution in [0.1, 0.15) is 40.9 Å². The largest absolute Gasteiger partial charge is 0.491 e. The second-order valence-corrected chi connectivity index (χ2v) is 8.21. The van der Waals surface area contributed by atoms with Gasteiger partial charge in [-0.2, -0.15) is 0 Å². The summed E-state index contributed by atoms with van der Waals surface area (Å²) in [6.45, 7) is 4.42. The SMILES string of the molecule is CC(C)Oc1ccc2c(c1)CCc1cc(-c3cc(F)ccc3N)c3c(c1-2)C(=O)NC3. The Morgan fingerprint density at radius 1 is 0.967 bits per heavy atom. The predicted octanol–water partition coefficient (Wildman–Crippen LogP) is 4.87. The van der Waals surface area contributed by atoms with Crippen molar-refractivity contribution in [3.8, 4) is 28.0 Å². The standard InChI is InChI=1S/C25H23FN2O2/c1-13(2)30-17-6-7-18-14(9-17)3-4-15-10-19(20-11-16(26)5-8-22(20)27)21-12-28-25(29)24(21)23(15)18/h5-11,13H,3-4,12,27H2,1-2H3,(H,28,29). The van der Waals surface area contributed by atoms with Crippen molar-refractivity contribution in [2.24, 2.45) is 0 Å². The summed E-state index contributed by atoms with van der Waals surface area (Å²) in [5, 5.41) is 2.95. The normalized spacial score (nSPS) is 14.2. The molecule has 3 aromatic rings. The summed E-state index contributed by atoms with van der Waals surface area (Å²) in [4.78, 5) is 12.9. The molecule has 1 amide bonds. The Labute approximate surface area is 174 Å². The maximum absolute atomic E-state index is 14.0. The maximum Gasteiger partial charge on any atom is 0.252 e. The molecule has 5 heteroatoms. The average molecular weight is 402 g/mol. The van der Waals surface area contributed by atoms with Gasteiger partial charge in [-0.3, -0.25) is 4.79 Å². The summed E-state index contributed by atoms with van der Waals surface area (Å²) in [7, 11) is 0. The number of carbonyl (C=O) groups is 1. The lowest BCUT2D eigenvalue weighted by atomic mass is 9.79. The van der Waals surface area contributed by atoms with E-state index in [2.05, 4.69) is 17.4 Å². The summed E-state index contributed by atoms with van der Waals surface area (Å²) < 4.78 is 19.8. The second-order valence-electron chi connectivity index (χ2n) is 8.21. The van der Waals surface area contributed by atoms with Crippen LogP contribution in [0.4, 0.5) is 10.1 Å². The van der Waals surface area contributed by atoms with E-state index in [1.54, 1.807) is 6.07 Å². The number of hydrogen-bond acceptors (Lipinski definition) is 3. The minimum Gasteiger partial charge on any atom is -0.491 e. The quantitative estimate of drug-likeness (QED) is 0.614. The van der Waals surface area contributed by atoms with Crippen LogP contribution in [0.15, 0.2) is 42.5 Å². The summed E-state index contributed by atoms with van der Waals surface area (Å²) in [6.07, 6.45) is 1.76. The fraction of sp³-hybridized carbons (Fsp3) is 0.240. The molecule has 30 heavy (non-hydrogen) atoms. The third kappa shape index (κ3) is 2.93. The lowest BCUT2D eigenvalue weighted by Crippen LogP contribution is -2.15. The number of ether oxygens (including phenoxy) is 1. The Hall–Kier alpha value is -3.34. The number of halogens is 1. The highest BCUT2D eigenvalue weighted by Gasteiger charge is 2.32. The van der Waals surface area contributed by atoms with Crippen LogP contribution >= 0.6 is 0 Å². The molecule has 2 aliphatic rings. The Morgan fingerprint density at radius 3 is 2.57 bits per heavy atom. The van der Waals surface area contributed by atoms with Crippen LogP contribution in [0.3, 0.4) is 0 Å². The van der Waals surface area contributed by atoms with Gasteiger partial charge in [-0.1, -0.05) is 12.1 Å². The molecule has 1 aliphatic heterocycles. The number of benzene rings is 3. The second kappa shape index (κ2) is 6.87. The number of nitrogen functional groups attached to an aromatic ring is 1. The molecule has 0 saturated carbocycles. The highest BCUT2D eigenvalue weighted by molar-refractivity contribution is 6.08. The van der Waals surface area contributed by atoms with Crippen LogP contribution < -0.4 is 15.8 Å². The zero-order valence-corrected chi connectivity index (χ0v) is 17.0. The van der Waals surface area contributed by atoms with Gasteiger partial charge < -0.3 is 15.8 Å². The summed E-state index contributed by atoms with van der Waals surface area (Å²) in [5.41, 5.74) is 14.0. The monoisotopic (exact) mass is 402 g/mol. The summed E-state index contributed by atoms with van der Waals surface area (Å²) >= 11 is 0. The predicted molar refractivity (Wildman–Crippen MR) is 116 cm³/mol. The number of fused-ring (bicyclic) bond motifs is 5. The zero-order chi connectivity index (χ0) is 21.0. The average Bonchev–Trinajstić information content (AvgIpc) is 3.10. The van der Waals surface area contributed by atoms with Gasteiger partial charge >= 0.3 is 0 Å². The molecule has 3 N–H and O–H groups in total. The first-order valence-electron chi connectivity index (χ1n) is 10.2. The molecule has 0 radical (unpaired) electrons. The highest BCUT2D eigenvalue weighted by Crippen LogP contribution is 2.44. The van der Waals surface area contributed by atoms with Crippen molar-refractivity contribution < 1.29 is 13.9 Å². The number of nitrogens with one attached hydrogen (secondary N) is 1. The molecule has 0 aromatic heterocycles. The number of carbonyl (C=O) groups excluding carboxylic acids is 1. The van der Waals surface area contributed by atoms with E-state index >= 15 is 0 Å².